The van der Waals surface area contributed by atoms with E-state index in [0.717, 1.165) is 4.90 Å². The van der Waals surface area contributed by atoms with Crippen LogP contribution in [0.4, 0.5) is 22.0 Å². The number of aromatic nitrogens is 2. The molecule has 14 heteroatoms. The minimum Gasteiger partial charge on any atom is -0.393 e. The molecule has 1 aliphatic heterocycles. The van der Waals surface area contributed by atoms with Crippen LogP contribution in [-0.4, -0.2) is 61.6 Å². The smallest absolute Gasteiger partial charge is 0.390 e. The number of halogens is 5. The Bertz CT molecular complexity index is 1160. The summed E-state index contributed by atoms with van der Waals surface area (Å²) in [4.78, 5) is 38.7. The highest BCUT2D eigenvalue weighted by Crippen LogP contribution is 2.37. The topological polar surface area (TPSA) is 105 Å². The molecule has 1 amide bonds. The van der Waals surface area contributed by atoms with Crippen LogP contribution in [0.1, 0.15) is 47.8 Å². The molecule has 0 bridgehead atoms. The molecule has 0 unspecified atom stereocenters. The van der Waals surface area contributed by atoms with Crippen LogP contribution in [0.15, 0.2) is 9.59 Å². The number of nitrogens with zero attached hydrogens (tertiary/aromatic N) is 3. The zero-order valence-corrected chi connectivity index (χ0v) is 18.3. The third-order valence-corrected chi connectivity index (χ3v) is 6.93. The molecule has 1 aliphatic rings. The van der Waals surface area contributed by atoms with Crippen LogP contribution >= 0.6 is 11.3 Å². The number of fused-ring (bicyclic) bond motifs is 1. The van der Waals surface area contributed by atoms with E-state index in [4.69, 9.17) is 0 Å². The molecular weight excluding hydrogens is 477 g/mol. The van der Waals surface area contributed by atoms with Crippen molar-refractivity contribution in [3.63, 3.8) is 0 Å². The number of aryl methyl sites for hydroxylation is 1. The van der Waals surface area contributed by atoms with Gasteiger partial charge in [-0.05, 0) is 19.8 Å². The third kappa shape index (κ3) is 4.82. The number of hydrogen-bond donors (Lipinski definition) is 2. The molecule has 0 spiro atoms. The van der Waals surface area contributed by atoms with Gasteiger partial charge in [-0.2, -0.15) is 13.2 Å². The van der Waals surface area contributed by atoms with E-state index in [2.05, 4.69) is 0 Å². The first-order valence-electron chi connectivity index (χ1n) is 10.1. The molecule has 2 aromatic heterocycles. The van der Waals surface area contributed by atoms with E-state index < -0.39 is 75.6 Å². The number of amides is 1. The van der Waals surface area contributed by atoms with E-state index in [1.165, 1.54) is 6.92 Å². The summed E-state index contributed by atoms with van der Waals surface area (Å²) in [5.74, 6) is -0.885. The molecule has 1 saturated heterocycles. The first-order chi connectivity index (χ1) is 15.3. The lowest BCUT2D eigenvalue weighted by Gasteiger charge is -2.36. The second kappa shape index (κ2) is 9.14. The van der Waals surface area contributed by atoms with Gasteiger partial charge in [0.2, 0.25) is 0 Å². The monoisotopic (exact) mass is 499 g/mol. The van der Waals surface area contributed by atoms with Gasteiger partial charge in [-0.15, -0.1) is 11.3 Å². The number of aliphatic hydroxyl groups excluding tert-OH is 1. The number of likely N-dealkylation sites (tertiary alicyclic amines) is 1. The summed E-state index contributed by atoms with van der Waals surface area (Å²) in [5, 5.41) is 18.7. The van der Waals surface area contributed by atoms with Gasteiger partial charge >= 0.3 is 11.9 Å². The minimum atomic E-state index is -4.64. The first kappa shape index (κ1) is 25.3. The van der Waals surface area contributed by atoms with E-state index >= 15 is 0 Å². The number of aliphatic hydroxyl groups is 2. The SMILES string of the molecule is CCn1c(=O)c2c(C(F)F)c(C(=O)N3CCC(O)(CO)CC3)sc2n(CCC(F)(F)F)c1=O. The minimum absolute atomic E-state index is 0.0108. The highest BCUT2D eigenvalue weighted by atomic mass is 32.1. The molecular formula is C19H22F5N3O5S. The van der Waals surface area contributed by atoms with E-state index in [1.807, 2.05) is 0 Å². The maximum absolute atomic E-state index is 14.1. The number of hydrogen-bond acceptors (Lipinski definition) is 6. The molecule has 0 saturated carbocycles. The van der Waals surface area contributed by atoms with Gasteiger partial charge in [-0.25, -0.2) is 13.6 Å². The van der Waals surface area contributed by atoms with Crippen LogP contribution in [0.25, 0.3) is 10.2 Å². The second-order valence-electron chi connectivity index (χ2n) is 7.85. The summed E-state index contributed by atoms with van der Waals surface area (Å²) in [5.41, 5.74) is -4.50. The molecule has 0 aliphatic carbocycles. The van der Waals surface area contributed by atoms with Gasteiger partial charge in [0.1, 0.15) is 9.71 Å². The second-order valence-corrected chi connectivity index (χ2v) is 8.85. The van der Waals surface area contributed by atoms with Crippen molar-refractivity contribution in [1.82, 2.24) is 14.0 Å². The lowest BCUT2D eigenvalue weighted by Crippen LogP contribution is -2.48. The van der Waals surface area contributed by atoms with Crippen molar-refractivity contribution >= 4 is 27.5 Å². The Balaban J connectivity index is 2.18. The number of piperidine rings is 1. The number of carbonyl (C=O) groups excluding carboxylic acids is 1. The Morgan fingerprint density at radius 1 is 1.18 bits per heavy atom. The first-order valence-corrected chi connectivity index (χ1v) is 10.9. The Morgan fingerprint density at radius 3 is 2.27 bits per heavy atom. The van der Waals surface area contributed by atoms with Crippen LogP contribution in [0.2, 0.25) is 0 Å². The fraction of sp³-hybridized carbons (Fsp3) is 0.632. The van der Waals surface area contributed by atoms with Gasteiger partial charge in [0.15, 0.2) is 0 Å². The summed E-state index contributed by atoms with van der Waals surface area (Å²) >= 11 is 0.384. The Morgan fingerprint density at radius 2 is 1.79 bits per heavy atom. The van der Waals surface area contributed by atoms with Crippen molar-refractivity contribution in [1.29, 1.82) is 0 Å². The average Bonchev–Trinajstić information content (AvgIpc) is 3.14. The fourth-order valence-corrected chi connectivity index (χ4v) is 5.08. The summed E-state index contributed by atoms with van der Waals surface area (Å²) in [6, 6.07) is 0. The summed E-state index contributed by atoms with van der Waals surface area (Å²) in [6.45, 7) is -0.447. The predicted molar refractivity (Wildman–Crippen MR) is 109 cm³/mol. The van der Waals surface area contributed by atoms with Crippen molar-refractivity contribution in [2.75, 3.05) is 19.7 Å². The number of alkyl halides is 5. The highest BCUT2D eigenvalue weighted by molar-refractivity contribution is 7.20. The van der Waals surface area contributed by atoms with Crippen molar-refractivity contribution in [2.45, 2.75) is 57.5 Å². The Hall–Kier alpha value is -2.32. The zero-order valence-electron chi connectivity index (χ0n) is 17.5. The van der Waals surface area contributed by atoms with Gasteiger partial charge in [0, 0.05) is 26.2 Å². The number of thiophene rings is 1. The van der Waals surface area contributed by atoms with E-state index in [1.54, 1.807) is 0 Å². The van der Waals surface area contributed by atoms with Crippen molar-refractivity contribution in [2.24, 2.45) is 0 Å². The molecule has 2 aromatic rings. The van der Waals surface area contributed by atoms with Gasteiger partial charge in [0.05, 0.1) is 29.6 Å². The van der Waals surface area contributed by atoms with E-state index in [9.17, 15) is 46.5 Å². The van der Waals surface area contributed by atoms with Gasteiger partial charge in [-0.3, -0.25) is 18.7 Å². The van der Waals surface area contributed by atoms with Crippen molar-refractivity contribution < 1.29 is 37.0 Å². The average molecular weight is 499 g/mol. The molecule has 8 nitrogen and oxygen atoms in total. The van der Waals surface area contributed by atoms with E-state index in [0.29, 0.717) is 20.5 Å². The molecule has 0 radical (unpaired) electrons. The maximum Gasteiger partial charge on any atom is 0.390 e. The molecule has 33 heavy (non-hydrogen) atoms. The van der Waals surface area contributed by atoms with Gasteiger partial charge in [-0.1, -0.05) is 0 Å². The molecule has 1 fully saturated rings. The van der Waals surface area contributed by atoms with Crippen molar-refractivity contribution in [3.05, 3.63) is 31.3 Å². The quantitative estimate of drug-likeness (QED) is 0.593. The highest BCUT2D eigenvalue weighted by Gasteiger charge is 2.37. The molecule has 3 rings (SSSR count). The molecule has 0 aromatic carbocycles. The van der Waals surface area contributed by atoms with E-state index in [-0.39, 0.29) is 32.5 Å². The lowest BCUT2D eigenvalue weighted by atomic mass is 9.92. The summed E-state index contributed by atoms with van der Waals surface area (Å²) in [6.07, 6.45) is -9.39. The fourth-order valence-electron chi connectivity index (χ4n) is 3.79. The Labute approximate surface area is 187 Å². The molecule has 3 heterocycles. The van der Waals surface area contributed by atoms with Crippen LogP contribution in [0.3, 0.4) is 0 Å². The third-order valence-electron chi connectivity index (χ3n) is 5.72. The number of rotatable bonds is 6. The van der Waals surface area contributed by atoms with Gasteiger partial charge in [0.25, 0.3) is 17.9 Å². The standard InChI is InChI=1S/C19H22F5N3O5S/c1-2-26-14(29)11-10(13(20)21)12(15(30)25-6-3-18(32,9-28)4-7-25)33-16(11)27(17(26)31)8-5-19(22,23)24/h13,28,32H,2-9H2,1H3. The maximum atomic E-state index is 14.1. The molecule has 2 N–H and O–H groups in total. The summed E-state index contributed by atoms with van der Waals surface area (Å²) < 4.78 is 67.7. The van der Waals surface area contributed by atoms with Gasteiger partial charge < -0.3 is 15.1 Å². The Kier molecular flexibility index (Phi) is 7.01. The molecule has 184 valence electrons. The van der Waals surface area contributed by atoms with Crippen LogP contribution in [-0.2, 0) is 13.1 Å². The lowest BCUT2D eigenvalue weighted by molar-refractivity contribution is -0.136. The van der Waals surface area contributed by atoms with Crippen molar-refractivity contribution in [3.8, 4) is 0 Å². The normalized spacial score (nSPS) is 16.7. The van der Waals surface area contributed by atoms with Crippen LogP contribution < -0.4 is 11.2 Å². The predicted octanol–water partition coefficient (Wildman–Crippen LogP) is 2.09. The van der Waals surface area contributed by atoms with Crippen LogP contribution in [0.5, 0.6) is 0 Å². The zero-order chi connectivity index (χ0) is 24.7. The largest absolute Gasteiger partial charge is 0.393 e. The number of carbonyl (C=O) groups is 1. The van der Waals surface area contributed by atoms with Crippen LogP contribution in [0, 0.1) is 0 Å². The summed E-state index contributed by atoms with van der Waals surface area (Å²) in [7, 11) is 0. The molecule has 0 atom stereocenters.